The molecule has 0 saturated carbocycles. The van der Waals surface area contributed by atoms with Crippen molar-refractivity contribution in [1.29, 1.82) is 0 Å². The van der Waals surface area contributed by atoms with Crippen LogP contribution < -0.4 is 10.6 Å². The van der Waals surface area contributed by atoms with E-state index >= 15 is 0 Å². The number of nitrogens with one attached hydrogen (secondary N) is 2. The average Bonchev–Trinajstić information content (AvgIpc) is 3.03. The zero-order chi connectivity index (χ0) is 16.5. The maximum atomic E-state index is 12.8. The minimum atomic E-state index is -0.201. The number of guanidine groups is 1. The van der Waals surface area contributed by atoms with Crippen LogP contribution in [0.25, 0.3) is 0 Å². The monoisotopic (exact) mass is 462 g/mol. The van der Waals surface area contributed by atoms with Crippen molar-refractivity contribution in [2.45, 2.75) is 26.2 Å². The first kappa shape index (κ1) is 20.8. The molecule has 1 aromatic carbocycles. The van der Waals surface area contributed by atoms with Gasteiger partial charge in [-0.3, -0.25) is 4.99 Å². The van der Waals surface area contributed by atoms with E-state index in [4.69, 9.17) is 0 Å². The maximum Gasteiger partial charge on any atom is 0.191 e. The Morgan fingerprint density at radius 3 is 2.42 bits per heavy atom. The lowest BCUT2D eigenvalue weighted by atomic mass is 10.1. The second-order valence-corrected chi connectivity index (χ2v) is 6.33. The van der Waals surface area contributed by atoms with E-state index < -0.39 is 0 Å². The van der Waals surface area contributed by atoms with Crippen LogP contribution in [-0.2, 0) is 19.3 Å². The molecule has 7 heteroatoms. The van der Waals surface area contributed by atoms with E-state index in [1.807, 2.05) is 6.20 Å². The molecule has 0 fully saturated rings. The van der Waals surface area contributed by atoms with Gasteiger partial charge in [0.15, 0.2) is 5.96 Å². The lowest BCUT2D eigenvalue weighted by Crippen LogP contribution is -2.39. The van der Waals surface area contributed by atoms with Gasteiger partial charge in [-0.2, -0.15) is 0 Å². The Morgan fingerprint density at radius 1 is 1.17 bits per heavy atom. The Balaban J connectivity index is 0.00000288. The molecule has 2 rings (SSSR count). The Bertz CT molecular complexity index is 628. The number of rotatable bonds is 7. The first-order valence-electron chi connectivity index (χ1n) is 7.83. The topological polar surface area (TPSA) is 49.3 Å². The van der Waals surface area contributed by atoms with Gasteiger partial charge in [0.2, 0.25) is 0 Å². The molecule has 4 nitrogen and oxygen atoms in total. The Labute approximate surface area is 164 Å². The summed E-state index contributed by atoms with van der Waals surface area (Å²) in [5.41, 5.74) is 1.10. The van der Waals surface area contributed by atoms with Crippen LogP contribution in [0.15, 0.2) is 35.5 Å². The zero-order valence-electron chi connectivity index (χ0n) is 14.0. The van der Waals surface area contributed by atoms with Gasteiger partial charge in [0, 0.05) is 37.6 Å². The molecule has 1 heterocycles. The van der Waals surface area contributed by atoms with E-state index in [2.05, 4.69) is 27.5 Å². The molecule has 0 saturated heterocycles. The molecule has 132 valence electrons. The summed E-state index contributed by atoms with van der Waals surface area (Å²) in [5.74, 6) is 0.576. The van der Waals surface area contributed by atoms with Gasteiger partial charge < -0.3 is 10.6 Å². The predicted molar refractivity (Wildman–Crippen MR) is 110 cm³/mol. The van der Waals surface area contributed by atoms with Crippen LogP contribution in [0.5, 0.6) is 0 Å². The van der Waals surface area contributed by atoms with Crippen LogP contribution in [0.2, 0.25) is 0 Å². The van der Waals surface area contributed by atoms with Crippen LogP contribution in [0.4, 0.5) is 4.39 Å². The van der Waals surface area contributed by atoms with Gasteiger partial charge in [-0.05, 0) is 30.5 Å². The molecule has 0 aliphatic rings. The Morgan fingerprint density at radius 2 is 1.83 bits per heavy atom. The summed E-state index contributed by atoms with van der Waals surface area (Å²) in [6, 6.07) is 6.59. The van der Waals surface area contributed by atoms with Crippen molar-refractivity contribution in [1.82, 2.24) is 15.6 Å². The molecular weight excluding hydrogens is 438 g/mol. The summed E-state index contributed by atoms with van der Waals surface area (Å²) >= 11 is 1.77. The highest BCUT2D eigenvalue weighted by Crippen LogP contribution is 2.13. The molecule has 2 aromatic rings. The Hall–Kier alpha value is -1.22. The van der Waals surface area contributed by atoms with E-state index in [0.717, 1.165) is 48.9 Å². The number of aryl methyl sites for hydroxylation is 1. The van der Waals surface area contributed by atoms with Crippen molar-refractivity contribution >= 4 is 41.3 Å². The highest BCUT2D eigenvalue weighted by atomic mass is 127. The summed E-state index contributed by atoms with van der Waals surface area (Å²) in [6.07, 6.45) is 4.71. The second-order valence-electron chi connectivity index (χ2n) is 5.13. The quantitative estimate of drug-likeness (QED) is 0.377. The molecule has 24 heavy (non-hydrogen) atoms. The van der Waals surface area contributed by atoms with Gasteiger partial charge in [-0.15, -0.1) is 35.3 Å². The van der Waals surface area contributed by atoms with Gasteiger partial charge >= 0.3 is 0 Å². The average molecular weight is 462 g/mol. The first-order valence-corrected chi connectivity index (χ1v) is 8.65. The molecule has 0 unspecified atom stereocenters. The van der Waals surface area contributed by atoms with Gasteiger partial charge in [0.1, 0.15) is 5.82 Å². The fourth-order valence-electron chi connectivity index (χ4n) is 2.11. The largest absolute Gasteiger partial charge is 0.356 e. The van der Waals surface area contributed by atoms with E-state index in [0.29, 0.717) is 0 Å². The second kappa shape index (κ2) is 11.4. The molecule has 1 aromatic heterocycles. The summed E-state index contributed by atoms with van der Waals surface area (Å²) < 4.78 is 12.8. The Kier molecular flexibility index (Phi) is 9.85. The number of aromatic nitrogens is 1. The number of hydrogen-bond donors (Lipinski definition) is 2. The highest BCUT2D eigenvalue weighted by Gasteiger charge is 2.02. The lowest BCUT2D eigenvalue weighted by molar-refractivity contribution is 0.626. The zero-order valence-corrected chi connectivity index (χ0v) is 17.2. The van der Waals surface area contributed by atoms with Crippen molar-refractivity contribution in [3.63, 3.8) is 0 Å². The summed E-state index contributed by atoms with van der Waals surface area (Å²) in [6.45, 7) is 3.69. The lowest BCUT2D eigenvalue weighted by Gasteiger charge is -2.11. The third kappa shape index (κ3) is 7.12. The smallest absolute Gasteiger partial charge is 0.191 e. The highest BCUT2D eigenvalue weighted by molar-refractivity contribution is 14.0. The molecule has 0 atom stereocenters. The van der Waals surface area contributed by atoms with Crippen molar-refractivity contribution in [2.75, 3.05) is 20.1 Å². The molecule has 0 aliphatic heterocycles. The third-order valence-electron chi connectivity index (χ3n) is 3.42. The number of thiazole rings is 1. The molecular formula is C17H24FIN4S. The van der Waals surface area contributed by atoms with Crippen LogP contribution in [0.3, 0.4) is 0 Å². The minimum Gasteiger partial charge on any atom is -0.356 e. The van der Waals surface area contributed by atoms with E-state index in [9.17, 15) is 4.39 Å². The normalized spacial score (nSPS) is 11.0. The molecule has 0 bridgehead atoms. The van der Waals surface area contributed by atoms with Crippen molar-refractivity contribution in [2.24, 2.45) is 4.99 Å². The van der Waals surface area contributed by atoms with Crippen molar-refractivity contribution in [3.8, 4) is 0 Å². The summed E-state index contributed by atoms with van der Waals surface area (Å²) in [7, 11) is 1.76. The predicted octanol–water partition coefficient (Wildman–Crippen LogP) is 3.41. The summed E-state index contributed by atoms with van der Waals surface area (Å²) in [4.78, 5) is 9.93. The van der Waals surface area contributed by atoms with Gasteiger partial charge in [0.05, 0.1) is 5.01 Å². The van der Waals surface area contributed by atoms with Crippen LogP contribution in [-0.4, -0.2) is 31.1 Å². The fraction of sp³-hybridized carbons (Fsp3) is 0.412. The van der Waals surface area contributed by atoms with E-state index in [1.165, 1.54) is 17.0 Å². The van der Waals surface area contributed by atoms with E-state index in [1.54, 1.807) is 30.5 Å². The van der Waals surface area contributed by atoms with Gasteiger partial charge in [-0.1, -0.05) is 19.1 Å². The number of aliphatic imine (C=N–C) groups is 1. The SMILES string of the molecule is CCc1cnc(CCNC(=NC)NCCc2ccc(F)cc2)s1.I. The third-order valence-corrected chi connectivity index (χ3v) is 4.63. The van der Waals surface area contributed by atoms with Crippen molar-refractivity contribution < 1.29 is 4.39 Å². The van der Waals surface area contributed by atoms with Gasteiger partial charge in [0.25, 0.3) is 0 Å². The van der Waals surface area contributed by atoms with Crippen molar-refractivity contribution in [3.05, 3.63) is 51.7 Å². The molecule has 2 N–H and O–H groups in total. The number of hydrogen-bond acceptors (Lipinski definition) is 3. The molecule has 0 aliphatic carbocycles. The maximum absolute atomic E-state index is 12.8. The number of nitrogens with zero attached hydrogens (tertiary/aromatic N) is 2. The van der Waals surface area contributed by atoms with Crippen LogP contribution >= 0.6 is 35.3 Å². The van der Waals surface area contributed by atoms with E-state index in [-0.39, 0.29) is 29.8 Å². The standard InChI is InChI=1S/C17H23FN4S.HI/c1-3-15-12-22-16(23-15)9-11-21-17(19-2)20-10-8-13-4-6-14(18)7-5-13;/h4-7,12H,3,8-11H2,1-2H3,(H2,19,20,21);1H. The fourth-order valence-corrected chi connectivity index (χ4v) is 2.97. The number of halogens is 2. The van der Waals surface area contributed by atoms with Gasteiger partial charge in [-0.25, -0.2) is 9.37 Å². The summed E-state index contributed by atoms with van der Waals surface area (Å²) in [5, 5.41) is 7.70. The van der Waals surface area contributed by atoms with Crippen LogP contribution in [0, 0.1) is 5.82 Å². The number of benzene rings is 1. The first-order chi connectivity index (χ1) is 11.2. The van der Waals surface area contributed by atoms with Crippen LogP contribution in [0.1, 0.15) is 22.4 Å². The minimum absolute atomic E-state index is 0. The molecule has 0 radical (unpaired) electrons. The molecule has 0 spiro atoms. The molecule has 0 amide bonds.